The summed E-state index contributed by atoms with van der Waals surface area (Å²) in [6.45, 7) is 0.785. The van der Waals surface area contributed by atoms with E-state index in [0.29, 0.717) is 16.9 Å². The second-order valence-corrected chi connectivity index (χ2v) is 9.96. The molecule has 0 bridgehead atoms. The lowest BCUT2D eigenvalue weighted by Crippen LogP contribution is -2.11. The minimum atomic E-state index is -3.24. The summed E-state index contributed by atoms with van der Waals surface area (Å²) in [5.41, 5.74) is 4.37. The maximum Gasteiger partial charge on any atom is 0.337 e. The molecule has 1 aliphatic rings. The molecule has 0 saturated carbocycles. The van der Waals surface area contributed by atoms with E-state index < -0.39 is 9.84 Å². The van der Waals surface area contributed by atoms with Gasteiger partial charge in [0.1, 0.15) is 0 Å². The first-order valence-corrected chi connectivity index (χ1v) is 12.2. The van der Waals surface area contributed by atoms with Crippen molar-refractivity contribution in [2.24, 2.45) is 0 Å². The highest BCUT2D eigenvalue weighted by Gasteiger charge is 2.21. The monoisotopic (exact) mass is 425 g/mol. The van der Waals surface area contributed by atoms with Crippen molar-refractivity contribution in [1.29, 1.82) is 0 Å². The van der Waals surface area contributed by atoms with Crippen LogP contribution < -0.4 is 0 Å². The third-order valence-corrected chi connectivity index (χ3v) is 7.76. The normalized spacial score (nSPS) is 13.9. The van der Waals surface area contributed by atoms with E-state index in [4.69, 9.17) is 4.74 Å². The van der Waals surface area contributed by atoms with Gasteiger partial charge >= 0.3 is 5.97 Å². The first-order valence-electron chi connectivity index (χ1n) is 10.5. The first-order chi connectivity index (χ1) is 14.5. The molecule has 4 rings (SSSR count). The topological polar surface area (TPSA) is 65.4 Å². The third-order valence-electron chi connectivity index (χ3n) is 5.95. The number of nitrogens with zero attached hydrogens (tertiary/aromatic N) is 1. The van der Waals surface area contributed by atoms with Gasteiger partial charge in [-0.25, -0.2) is 13.2 Å². The van der Waals surface area contributed by atoms with Crippen molar-refractivity contribution in [3.63, 3.8) is 0 Å². The van der Waals surface area contributed by atoms with E-state index in [-0.39, 0.29) is 11.7 Å². The van der Waals surface area contributed by atoms with E-state index in [1.807, 2.05) is 24.3 Å². The van der Waals surface area contributed by atoms with Crippen molar-refractivity contribution in [1.82, 2.24) is 4.57 Å². The van der Waals surface area contributed by atoms with E-state index in [0.717, 1.165) is 49.6 Å². The molecule has 1 heterocycles. The van der Waals surface area contributed by atoms with Crippen LogP contribution in [0.25, 0.3) is 10.9 Å². The van der Waals surface area contributed by atoms with E-state index >= 15 is 0 Å². The summed E-state index contributed by atoms with van der Waals surface area (Å²) in [6, 6.07) is 14.4. The van der Waals surface area contributed by atoms with E-state index in [9.17, 15) is 13.2 Å². The Morgan fingerprint density at radius 1 is 1.03 bits per heavy atom. The van der Waals surface area contributed by atoms with Gasteiger partial charge in [0.05, 0.1) is 23.3 Å². The standard InChI is InChI=1S/C24H27NO4S/c1-29-24(26)18-13-14-23-21(17-18)20-11-5-6-12-22(20)25(23)15-7-8-16-30(27,28)19-9-3-2-4-10-19/h2-4,9-10,13-14,17H,5-8,11-12,15-16H2,1H3. The van der Waals surface area contributed by atoms with Crippen LogP contribution in [0.4, 0.5) is 0 Å². The van der Waals surface area contributed by atoms with Crippen LogP contribution in [0.2, 0.25) is 0 Å². The Balaban J connectivity index is 1.53. The molecule has 158 valence electrons. The molecule has 0 unspecified atom stereocenters. The molecule has 2 aromatic carbocycles. The lowest BCUT2D eigenvalue weighted by Gasteiger charge is -2.16. The van der Waals surface area contributed by atoms with Crippen LogP contribution in [0.1, 0.15) is 47.3 Å². The molecule has 0 fully saturated rings. The van der Waals surface area contributed by atoms with Crippen LogP contribution in [-0.2, 0) is 34.0 Å². The smallest absolute Gasteiger partial charge is 0.337 e. The molecule has 0 N–H and O–H groups in total. The van der Waals surface area contributed by atoms with Gasteiger partial charge in [0, 0.05) is 23.1 Å². The molecule has 0 spiro atoms. The van der Waals surface area contributed by atoms with Gasteiger partial charge in [-0.05, 0) is 74.4 Å². The molecule has 1 aliphatic carbocycles. The Morgan fingerprint density at radius 2 is 1.80 bits per heavy atom. The van der Waals surface area contributed by atoms with Gasteiger partial charge < -0.3 is 9.30 Å². The predicted octanol–water partition coefficient (Wildman–Crippen LogP) is 4.56. The largest absolute Gasteiger partial charge is 0.465 e. The lowest BCUT2D eigenvalue weighted by atomic mass is 9.95. The van der Waals surface area contributed by atoms with E-state index in [2.05, 4.69) is 4.57 Å². The maximum atomic E-state index is 12.5. The fourth-order valence-corrected chi connectivity index (χ4v) is 5.84. The molecule has 1 aromatic heterocycles. The minimum Gasteiger partial charge on any atom is -0.465 e. The van der Waals surface area contributed by atoms with Crippen LogP contribution >= 0.6 is 0 Å². The van der Waals surface area contributed by atoms with E-state index in [1.54, 1.807) is 24.3 Å². The average Bonchev–Trinajstić information content (AvgIpc) is 3.10. The maximum absolute atomic E-state index is 12.5. The number of benzene rings is 2. The number of aryl methyl sites for hydroxylation is 2. The van der Waals surface area contributed by atoms with Crippen molar-refractivity contribution >= 4 is 26.7 Å². The van der Waals surface area contributed by atoms with Crippen molar-refractivity contribution in [3.8, 4) is 0 Å². The average molecular weight is 426 g/mol. The molecule has 0 saturated heterocycles. The summed E-state index contributed by atoms with van der Waals surface area (Å²) in [4.78, 5) is 12.4. The van der Waals surface area contributed by atoms with Crippen LogP contribution in [0.15, 0.2) is 53.4 Å². The van der Waals surface area contributed by atoms with Gasteiger partial charge in [0.25, 0.3) is 0 Å². The van der Waals surface area contributed by atoms with Crippen LogP contribution in [0, 0.1) is 0 Å². The quantitative estimate of drug-likeness (QED) is 0.411. The minimum absolute atomic E-state index is 0.158. The molecule has 0 atom stereocenters. The van der Waals surface area contributed by atoms with E-state index in [1.165, 1.54) is 18.4 Å². The predicted molar refractivity (Wildman–Crippen MR) is 118 cm³/mol. The Kier molecular flexibility index (Phi) is 5.95. The molecule has 0 amide bonds. The number of sulfone groups is 1. The first kappa shape index (κ1) is 20.7. The number of unbranched alkanes of at least 4 members (excludes halogenated alkanes) is 1. The van der Waals surface area contributed by atoms with Crippen LogP contribution in [-0.4, -0.2) is 31.8 Å². The fourth-order valence-electron chi connectivity index (χ4n) is 4.44. The summed E-state index contributed by atoms with van der Waals surface area (Å²) in [5, 5.41) is 1.13. The Bertz CT molecular complexity index is 1160. The van der Waals surface area contributed by atoms with Gasteiger partial charge in [-0.3, -0.25) is 0 Å². The lowest BCUT2D eigenvalue weighted by molar-refractivity contribution is 0.0601. The SMILES string of the molecule is COC(=O)c1ccc2c(c1)c1c(n2CCCCS(=O)(=O)c2ccccc2)CCCC1. The van der Waals surface area contributed by atoms with Gasteiger partial charge in [-0.1, -0.05) is 18.2 Å². The third kappa shape index (κ3) is 4.01. The Labute approximate surface area is 177 Å². The number of carbonyl (C=O) groups excluding carboxylic acids is 1. The molecular formula is C24H27NO4S. The molecule has 0 radical (unpaired) electrons. The zero-order valence-electron chi connectivity index (χ0n) is 17.3. The highest BCUT2D eigenvalue weighted by Crippen LogP contribution is 2.33. The number of hydrogen-bond acceptors (Lipinski definition) is 4. The highest BCUT2D eigenvalue weighted by molar-refractivity contribution is 7.91. The summed E-state index contributed by atoms with van der Waals surface area (Å²) < 4.78 is 32.3. The number of hydrogen-bond donors (Lipinski definition) is 0. The number of esters is 1. The fraction of sp³-hybridized carbons (Fsp3) is 0.375. The Morgan fingerprint density at radius 3 is 2.57 bits per heavy atom. The second kappa shape index (κ2) is 8.64. The highest BCUT2D eigenvalue weighted by atomic mass is 32.2. The van der Waals surface area contributed by atoms with Gasteiger partial charge in [0.15, 0.2) is 9.84 Å². The number of carbonyl (C=O) groups is 1. The summed E-state index contributed by atoms with van der Waals surface area (Å²) in [7, 11) is -1.84. The number of rotatable bonds is 7. The van der Waals surface area contributed by atoms with Crippen molar-refractivity contribution < 1.29 is 17.9 Å². The van der Waals surface area contributed by atoms with Gasteiger partial charge in [-0.15, -0.1) is 0 Å². The number of fused-ring (bicyclic) bond motifs is 3. The van der Waals surface area contributed by atoms with Crippen molar-refractivity contribution in [2.45, 2.75) is 50.0 Å². The van der Waals surface area contributed by atoms with Gasteiger partial charge in [-0.2, -0.15) is 0 Å². The molecule has 6 heteroatoms. The molecule has 30 heavy (non-hydrogen) atoms. The number of methoxy groups -OCH3 is 1. The zero-order valence-corrected chi connectivity index (χ0v) is 18.1. The summed E-state index contributed by atoms with van der Waals surface area (Å²) >= 11 is 0. The molecule has 0 aliphatic heterocycles. The molecular weight excluding hydrogens is 398 g/mol. The number of ether oxygens (including phenoxy) is 1. The second-order valence-electron chi connectivity index (χ2n) is 7.85. The van der Waals surface area contributed by atoms with Crippen molar-refractivity contribution in [2.75, 3.05) is 12.9 Å². The zero-order chi connectivity index (χ0) is 21.1. The number of aromatic nitrogens is 1. The summed E-state index contributed by atoms with van der Waals surface area (Å²) in [6.07, 6.45) is 5.78. The molecule has 3 aromatic rings. The van der Waals surface area contributed by atoms with Crippen LogP contribution in [0.3, 0.4) is 0 Å². The Hall–Kier alpha value is -2.60. The van der Waals surface area contributed by atoms with Gasteiger partial charge in [0.2, 0.25) is 0 Å². The molecule has 5 nitrogen and oxygen atoms in total. The summed E-state index contributed by atoms with van der Waals surface area (Å²) in [5.74, 6) is -0.162. The van der Waals surface area contributed by atoms with Crippen molar-refractivity contribution in [3.05, 3.63) is 65.4 Å². The van der Waals surface area contributed by atoms with Crippen LogP contribution in [0.5, 0.6) is 0 Å².